The Morgan fingerprint density at radius 2 is 2.04 bits per heavy atom. The first-order valence-electron chi connectivity index (χ1n) is 9.06. The summed E-state index contributed by atoms with van der Waals surface area (Å²) in [5, 5.41) is 18.1. The number of rotatable bonds is 4. The Morgan fingerprint density at radius 1 is 1.38 bits per heavy atom. The van der Waals surface area contributed by atoms with E-state index < -0.39 is 5.60 Å². The van der Waals surface area contributed by atoms with Crippen molar-refractivity contribution >= 4 is 5.91 Å². The molecule has 4 aliphatic carbocycles. The predicted molar refractivity (Wildman–Crippen MR) is 88.7 cm³/mol. The molecular weight excluding hydrogens is 306 g/mol. The molecule has 0 saturated heterocycles. The molecule has 24 heavy (non-hydrogen) atoms. The fourth-order valence-corrected chi connectivity index (χ4v) is 5.39. The molecule has 0 aromatic carbocycles. The molecule has 2 atom stereocenters. The molecule has 132 valence electrons. The second-order valence-corrected chi connectivity index (χ2v) is 8.35. The van der Waals surface area contributed by atoms with Gasteiger partial charge in [-0.1, -0.05) is 0 Å². The molecule has 1 amide bonds. The zero-order chi connectivity index (χ0) is 17.1. The largest absolute Gasteiger partial charge is 0.475 e. The normalized spacial score (nSPS) is 37.0. The molecule has 0 aliphatic heterocycles. The van der Waals surface area contributed by atoms with Gasteiger partial charge in [-0.05, 0) is 63.7 Å². The van der Waals surface area contributed by atoms with Crippen molar-refractivity contribution in [3.05, 3.63) is 11.8 Å². The van der Waals surface area contributed by atoms with Gasteiger partial charge in [0.25, 0.3) is 5.91 Å². The van der Waals surface area contributed by atoms with Gasteiger partial charge in [-0.15, -0.1) is 0 Å². The highest BCUT2D eigenvalue weighted by Crippen LogP contribution is 2.55. The van der Waals surface area contributed by atoms with E-state index in [0.29, 0.717) is 29.2 Å². The van der Waals surface area contributed by atoms with Crippen molar-refractivity contribution in [1.29, 1.82) is 0 Å². The van der Waals surface area contributed by atoms with E-state index in [1.807, 2.05) is 13.8 Å². The van der Waals surface area contributed by atoms with Gasteiger partial charge in [0, 0.05) is 13.1 Å². The number of aromatic nitrogens is 2. The van der Waals surface area contributed by atoms with E-state index in [0.717, 1.165) is 32.1 Å². The molecule has 2 unspecified atom stereocenters. The first-order valence-corrected chi connectivity index (χ1v) is 9.06. The van der Waals surface area contributed by atoms with Crippen LogP contribution in [0.4, 0.5) is 0 Å². The minimum Gasteiger partial charge on any atom is -0.475 e. The zero-order valence-corrected chi connectivity index (χ0v) is 14.7. The second-order valence-electron chi connectivity index (χ2n) is 8.35. The molecule has 1 aromatic heterocycles. The zero-order valence-electron chi connectivity index (χ0n) is 14.7. The van der Waals surface area contributed by atoms with Gasteiger partial charge in [-0.25, -0.2) is 4.68 Å². The third kappa shape index (κ3) is 2.61. The van der Waals surface area contributed by atoms with E-state index in [-0.39, 0.29) is 18.1 Å². The van der Waals surface area contributed by atoms with Crippen LogP contribution >= 0.6 is 0 Å². The van der Waals surface area contributed by atoms with Crippen molar-refractivity contribution in [1.82, 2.24) is 15.1 Å². The van der Waals surface area contributed by atoms with Gasteiger partial charge in [0.05, 0.1) is 17.9 Å². The summed E-state index contributed by atoms with van der Waals surface area (Å²) in [7, 11) is 1.78. The van der Waals surface area contributed by atoms with E-state index in [1.54, 1.807) is 17.9 Å². The average molecular weight is 333 g/mol. The van der Waals surface area contributed by atoms with Gasteiger partial charge < -0.3 is 15.2 Å². The summed E-state index contributed by atoms with van der Waals surface area (Å²) in [6.45, 7) is 3.88. The van der Waals surface area contributed by atoms with Crippen LogP contribution in [0.2, 0.25) is 0 Å². The van der Waals surface area contributed by atoms with Crippen LogP contribution in [0.15, 0.2) is 6.20 Å². The predicted octanol–water partition coefficient (Wildman–Crippen LogP) is 1.88. The Hall–Kier alpha value is -1.56. The molecule has 2 N–H and O–H groups in total. The Bertz CT molecular complexity index is 638. The lowest BCUT2D eigenvalue weighted by atomic mass is 9.52. The summed E-state index contributed by atoms with van der Waals surface area (Å²) < 4.78 is 7.37. The molecule has 0 spiro atoms. The summed E-state index contributed by atoms with van der Waals surface area (Å²) in [6, 6.07) is 0.168. The molecule has 6 heteroatoms. The summed E-state index contributed by atoms with van der Waals surface area (Å²) in [4.78, 5) is 12.8. The van der Waals surface area contributed by atoms with Crippen molar-refractivity contribution in [2.75, 3.05) is 0 Å². The molecule has 6 nitrogen and oxygen atoms in total. The smallest absolute Gasteiger partial charge is 0.258 e. The van der Waals surface area contributed by atoms with Crippen LogP contribution in [-0.4, -0.2) is 38.5 Å². The van der Waals surface area contributed by atoms with E-state index >= 15 is 0 Å². The fraction of sp³-hybridized carbons (Fsp3) is 0.778. The highest BCUT2D eigenvalue weighted by atomic mass is 16.5. The summed E-state index contributed by atoms with van der Waals surface area (Å²) in [6.07, 6.45) is 6.44. The third-order valence-electron chi connectivity index (χ3n) is 6.01. The Morgan fingerprint density at radius 3 is 2.62 bits per heavy atom. The first kappa shape index (κ1) is 15.9. The Balaban J connectivity index is 1.51. The number of ether oxygens (including phenoxy) is 1. The highest BCUT2D eigenvalue weighted by molar-refractivity contribution is 5.96. The third-order valence-corrected chi connectivity index (χ3v) is 6.01. The summed E-state index contributed by atoms with van der Waals surface area (Å²) >= 11 is 0. The molecule has 5 rings (SSSR count). The van der Waals surface area contributed by atoms with Gasteiger partial charge in [-0.2, -0.15) is 5.10 Å². The highest BCUT2D eigenvalue weighted by Gasteiger charge is 2.55. The van der Waals surface area contributed by atoms with Crippen LogP contribution in [0.25, 0.3) is 0 Å². The van der Waals surface area contributed by atoms with Crippen LogP contribution in [0.1, 0.15) is 56.3 Å². The maximum absolute atomic E-state index is 12.8. The monoisotopic (exact) mass is 333 g/mol. The lowest BCUT2D eigenvalue weighted by Crippen LogP contribution is -2.61. The number of nitrogens with zero attached hydrogens (tertiary/aromatic N) is 2. The van der Waals surface area contributed by atoms with Gasteiger partial charge in [0.1, 0.15) is 5.56 Å². The van der Waals surface area contributed by atoms with E-state index in [1.165, 1.54) is 0 Å². The van der Waals surface area contributed by atoms with Crippen LogP contribution in [0.5, 0.6) is 5.88 Å². The number of hydrogen-bond donors (Lipinski definition) is 2. The van der Waals surface area contributed by atoms with Crippen LogP contribution < -0.4 is 10.1 Å². The molecule has 4 bridgehead atoms. The Labute approximate surface area is 142 Å². The molecule has 1 heterocycles. The standard InChI is InChI=1S/C18H27N3O3/c1-10(2)24-17-14(9-19-21(17)3)16(22)20-15-12-4-11-5-13(15)8-18(23,6-11)7-12/h9-13,15,23H,4-8H2,1-3H3,(H,20,22). The number of aryl methyl sites for hydroxylation is 1. The van der Waals surface area contributed by atoms with Crippen molar-refractivity contribution < 1.29 is 14.6 Å². The molecule has 4 fully saturated rings. The maximum Gasteiger partial charge on any atom is 0.258 e. The molecule has 4 aliphatic rings. The molecule has 0 radical (unpaired) electrons. The first-order chi connectivity index (χ1) is 11.3. The average Bonchev–Trinajstić information content (AvgIpc) is 2.82. The maximum atomic E-state index is 12.8. The Kier molecular flexibility index (Phi) is 3.64. The fourth-order valence-electron chi connectivity index (χ4n) is 5.39. The SMILES string of the molecule is CC(C)Oc1c(C(=O)NC2C3CC4CC2CC(O)(C4)C3)cnn1C. The van der Waals surface area contributed by atoms with Crippen molar-refractivity contribution in [2.45, 2.75) is 63.7 Å². The topological polar surface area (TPSA) is 76.4 Å². The number of carbonyl (C=O) groups excluding carboxylic acids is 1. The molecule has 4 saturated carbocycles. The van der Waals surface area contributed by atoms with Crippen LogP contribution in [0.3, 0.4) is 0 Å². The van der Waals surface area contributed by atoms with Gasteiger partial charge in [-0.3, -0.25) is 4.79 Å². The van der Waals surface area contributed by atoms with Crippen molar-refractivity contribution in [3.63, 3.8) is 0 Å². The van der Waals surface area contributed by atoms with Gasteiger partial charge in [0.2, 0.25) is 5.88 Å². The molecular formula is C18H27N3O3. The number of amides is 1. The number of aliphatic hydroxyl groups is 1. The van der Waals surface area contributed by atoms with Crippen LogP contribution in [0, 0.1) is 17.8 Å². The van der Waals surface area contributed by atoms with E-state index in [9.17, 15) is 9.90 Å². The van der Waals surface area contributed by atoms with Crippen LogP contribution in [-0.2, 0) is 7.05 Å². The van der Waals surface area contributed by atoms with Gasteiger partial charge >= 0.3 is 0 Å². The van der Waals surface area contributed by atoms with Crippen molar-refractivity contribution in [3.8, 4) is 5.88 Å². The minimum absolute atomic E-state index is 0.0117. The summed E-state index contributed by atoms with van der Waals surface area (Å²) in [5.74, 6) is 1.85. The van der Waals surface area contributed by atoms with Gasteiger partial charge in [0.15, 0.2) is 0 Å². The van der Waals surface area contributed by atoms with Crippen molar-refractivity contribution in [2.24, 2.45) is 24.8 Å². The summed E-state index contributed by atoms with van der Waals surface area (Å²) in [5.41, 5.74) is 0.0246. The minimum atomic E-state index is -0.474. The quantitative estimate of drug-likeness (QED) is 0.882. The number of carbonyl (C=O) groups is 1. The number of hydrogen-bond acceptors (Lipinski definition) is 4. The second kappa shape index (κ2) is 5.48. The lowest BCUT2D eigenvalue weighted by molar-refractivity contribution is -0.136. The number of nitrogens with one attached hydrogen (secondary N) is 1. The van der Waals surface area contributed by atoms with E-state index in [4.69, 9.17) is 4.74 Å². The lowest BCUT2D eigenvalue weighted by Gasteiger charge is -2.58. The van der Waals surface area contributed by atoms with E-state index in [2.05, 4.69) is 10.4 Å². The molecule has 1 aromatic rings.